The number of hydrogen-bond acceptors (Lipinski definition) is 5. The molecule has 147 valence electrons. The Labute approximate surface area is 171 Å². The molecule has 3 heterocycles. The third kappa shape index (κ3) is 3.97. The minimum atomic E-state index is -0.502. The lowest BCUT2D eigenvalue weighted by atomic mass is 10.2. The number of aromatic nitrogens is 3. The van der Waals surface area contributed by atoms with Gasteiger partial charge in [-0.1, -0.05) is 19.1 Å². The van der Waals surface area contributed by atoms with Crippen LogP contribution in [0.1, 0.15) is 24.5 Å². The van der Waals surface area contributed by atoms with Crippen LogP contribution in [0.15, 0.2) is 52.4 Å². The summed E-state index contributed by atoms with van der Waals surface area (Å²) in [5, 5.41) is 7.57. The molecule has 0 saturated carbocycles. The van der Waals surface area contributed by atoms with Crippen LogP contribution in [0, 0.1) is 5.82 Å². The highest BCUT2D eigenvalue weighted by atomic mass is 35.5. The molecule has 3 aromatic rings. The normalized spacial score (nSPS) is 12.3. The second-order valence-electron chi connectivity index (χ2n) is 6.47. The fourth-order valence-corrected chi connectivity index (χ4v) is 3.21. The zero-order chi connectivity index (χ0) is 20.4. The van der Waals surface area contributed by atoms with E-state index in [1.54, 1.807) is 29.0 Å². The van der Waals surface area contributed by atoms with Crippen LogP contribution in [0.5, 0.6) is 0 Å². The van der Waals surface area contributed by atoms with Crippen LogP contribution in [-0.4, -0.2) is 20.4 Å². The maximum atomic E-state index is 13.3. The lowest BCUT2D eigenvalue weighted by molar-refractivity contribution is 0.626. The van der Waals surface area contributed by atoms with Crippen LogP contribution in [0.25, 0.3) is 0 Å². The summed E-state index contributed by atoms with van der Waals surface area (Å²) in [6.45, 7) is 3.03. The Morgan fingerprint density at radius 2 is 2.10 bits per heavy atom. The smallest absolute Gasteiger partial charge is 0.302 e. The van der Waals surface area contributed by atoms with Crippen molar-refractivity contribution in [3.05, 3.63) is 75.2 Å². The van der Waals surface area contributed by atoms with Crippen molar-refractivity contribution in [1.29, 1.82) is 0 Å². The third-order valence-corrected chi connectivity index (χ3v) is 4.64. The summed E-state index contributed by atoms with van der Waals surface area (Å²) in [4.78, 5) is 24.8. The van der Waals surface area contributed by atoms with Gasteiger partial charge in [0.25, 0.3) is 0 Å². The molecule has 29 heavy (non-hydrogen) atoms. The van der Waals surface area contributed by atoms with Crippen LogP contribution in [0.4, 0.5) is 21.7 Å². The zero-order valence-electron chi connectivity index (χ0n) is 15.6. The molecule has 0 aliphatic carbocycles. The molecule has 0 spiro atoms. The Balaban J connectivity index is 1.53. The maximum absolute atomic E-state index is 13.3. The fraction of sp³-hybridized carbons (Fsp3) is 0.200. The molecule has 1 aromatic carbocycles. The van der Waals surface area contributed by atoms with Gasteiger partial charge in [0.1, 0.15) is 11.6 Å². The summed E-state index contributed by atoms with van der Waals surface area (Å²) in [6, 6.07) is 9.95. The number of hydrogen-bond donors (Lipinski definition) is 1. The van der Waals surface area contributed by atoms with E-state index in [0.29, 0.717) is 36.1 Å². The van der Waals surface area contributed by atoms with Crippen LogP contribution in [0.3, 0.4) is 0 Å². The molecular formula is C20H17ClFN6O. The number of amidine groups is 1. The van der Waals surface area contributed by atoms with Gasteiger partial charge in [-0.05, 0) is 47.9 Å². The second-order valence-corrected chi connectivity index (χ2v) is 6.81. The van der Waals surface area contributed by atoms with Crippen molar-refractivity contribution in [2.75, 3.05) is 5.32 Å². The Morgan fingerprint density at radius 1 is 1.24 bits per heavy atom. The lowest BCUT2D eigenvalue weighted by Crippen LogP contribution is -2.18. The Morgan fingerprint density at radius 3 is 2.83 bits per heavy atom. The van der Waals surface area contributed by atoms with Gasteiger partial charge in [-0.3, -0.25) is 9.36 Å². The summed E-state index contributed by atoms with van der Waals surface area (Å²) in [5.41, 5.74) is 1.16. The van der Waals surface area contributed by atoms with Gasteiger partial charge in [0.05, 0.1) is 0 Å². The predicted molar refractivity (Wildman–Crippen MR) is 110 cm³/mol. The summed E-state index contributed by atoms with van der Waals surface area (Å²) < 4.78 is 14.9. The average Bonchev–Trinajstić information content (AvgIpc) is 3.16. The number of fused-ring (bicyclic) bond motifs is 1. The van der Waals surface area contributed by atoms with E-state index in [2.05, 4.69) is 25.6 Å². The molecule has 0 unspecified atom stereocenters. The van der Waals surface area contributed by atoms with Gasteiger partial charge in [0.2, 0.25) is 5.28 Å². The zero-order valence-corrected chi connectivity index (χ0v) is 16.3. The van der Waals surface area contributed by atoms with Crippen molar-refractivity contribution in [2.24, 2.45) is 4.99 Å². The minimum Gasteiger partial charge on any atom is -0.366 e. The van der Waals surface area contributed by atoms with Gasteiger partial charge < -0.3 is 5.32 Å². The van der Waals surface area contributed by atoms with Gasteiger partial charge >= 0.3 is 5.56 Å². The maximum Gasteiger partial charge on any atom is 0.302 e. The van der Waals surface area contributed by atoms with E-state index in [4.69, 9.17) is 11.6 Å². The number of aliphatic imine (C=N–C) groups is 1. The molecule has 1 aliphatic heterocycles. The van der Waals surface area contributed by atoms with Crippen LogP contribution >= 0.6 is 11.6 Å². The van der Waals surface area contributed by atoms with Gasteiger partial charge in [0.15, 0.2) is 17.3 Å². The molecule has 1 N–H and O–H groups in total. The standard InChI is InChI=1S/C20H17ClFN6O/c1-2-8-28-18-16(19(29)27-20(28)21)25-17(26-18)13-6-7-15(24-11-13)23-10-12-4-3-5-14(22)9-12/h3-7,9,11H,2,8,10H2,1H3,(H,23,24). The number of anilines is 1. The molecule has 4 rings (SSSR count). The summed E-state index contributed by atoms with van der Waals surface area (Å²) in [6.07, 6.45) is 2.43. The van der Waals surface area contributed by atoms with E-state index >= 15 is 0 Å². The van der Waals surface area contributed by atoms with Gasteiger partial charge in [-0.25, -0.2) is 19.7 Å². The Kier molecular flexibility index (Phi) is 5.26. The third-order valence-electron chi connectivity index (χ3n) is 4.35. The topological polar surface area (TPSA) is 86.3 Å². The number of pyridine rings is 1. The van der Waals surface area contributed by atoms with E-state index < -0.39 is 5.56 Å². The number of nitrogens with zero attached hydrogens (tertiary/aromatic N) is 5. The molecule has 0 fully saturated rings. The van der Waals surface area contributed by atoms with Crippen LogP contribution in [0.2, 0.25) is 5.28 Å². The summed E-state index contributed by atoms with van der Waals surface area (Å²) >= 11 is 6.10. The predicted octanol–water partition coefficient (Wildman–Crippen LogP) is 3.78. The van der Waals surface area contributed by atoms with E-state index in [9.17, 15) is 9.18 Å². The fourth-order valence-electron chi connectivity index (χ4n) is 2.97. The van der Waals surface area contributed by atoms with E-state index in [1.165, 1.54) is 12.1 Å². The first kappa shape index (κ1) is 19.1. The molecule has 0 amide bonds. The average molecular weight is 412 g/mol. The minimum absolute atomic E-state index is 0.103. The van der Waals surface area contributed by atoms with E-state index in [0.717, 1.165) is 12.0 Å². The van der Waals surface area contributed by atoms with Crippen molar-refractivity contribution < 1.29 is 4.39 Å². The molecular weight excluding hydrogens is 395 g/mol. The van der Waals surface area contributed by atoms with E-state index in [1.807, 2.05) is 13.0 Å². The summed E-state index contributed by atoms with van der Waals surface area (Å²) in [5.74, 6) is 1.15. The highest BCUT2D eigenvalue weighted by Gasteiger charge is 2.25. The van der Waals surface area contributed by atoms with Crippen molar-refractivity contribution in [2.45, 2.75) is 26.4 Å². The van der Waals surface area contributed by atoms with E-state index in [-0.39, 0.29) is 16.8 Å². The quantitative estimate of drug-likeness (QED) is 0.625. The first-order valence-electron chi connectivity index (χ1n) is 9.10. The van der Waals surface area contributed by atoms with Crippen molar-refractivity contribution >= 4 is 34.8 Å². The Bertz CT molecular complexity index is 1140. The van der Waals surface area contributed by atoms with Crippen molar-refractivity contribution in [3.63, 3.8) is 0 Å². The van der Waals surface area contributed by atoms with Crippen molar-refractivity contribution in [1.82, 2.24) is 19.9 Å². The second kappa shape index (κ2) is 8.00. The van der Waals surface area contributed by atoms with Crippen molar-refractivity contribution in [3.8, 4) is 0 Å². The molecule has 0 bridgehead atoms. The number of halogens is 2. The molecule has 7 nitrogen and oxygen atoms in total. The highest BCUT2D eigenvalue weighted by molar-refractivity contribution is 6.28. The first-order valence-corrected chi connectivity index (χ1v) is 9.48. The number of nitrogens with one attached hydrogen (secondary N) is 1. The SMILES string of the molecule is CCCn1c(Cl)nc(=O)c2c1N=C(c1ccc(NCc3cccc(F)c3)nc1)[N]2. The first-order chi connectivity index (χ1) is 14.0. The van der Waals surface area contributed by atoms with Crippen LogP contribution in [-0.2, 0) is 13.1 Å². The number of rotatable bonds is 6. The monoisotopic (exact) mass is 411 g/mol. The van der Waals surface area contributed by atoms with Crippen LogP contribution < -0.4 is 16.2 Å². The highest BCUT2D eigenvalue weighted by Crippen LogP contribution is 2.30. The molecule has 1 radical (unpaired) electrons. The Hall–Kier alpha value is -3.26. The van der Waals surface area contributed by atoms with Gasteiger partial charge in [0, 0.05) is 24.8 Å². The summed E-state index contributed by atoms with van der Waals surface area (Å²) in [7, 11) is 0. The largest absolute Gasteiger partial charge is 0.366 e. The molecule has 0 saturated heterocycles. The molecule has 0 atom stereocenters. The van der Waals surface area contributed by atoms with Gasteiger partial charge in [-0.2, -0.15) is 4.98 Å². The molecule has 2 aromatic heterocycles. The molecule has 1 aliphatic rings. The lowest BCUT2D eigenvalue weighted by Gasteiger charge is -2.09. The van der Waals surface area contributed by atoms with Gasteiger partial charge in [-0.15, -0.1) is 0 Å². The number of benzene rings is 1. The molecule has 9 heteroatoms.